The van der Waals surface area contributed by atoms with Crippen LogP contribution in [0.5, 0.6) is 0 Å². The van der Waals surface area contributed by atoms with Crippen molar-refractivity contribution < 1.29 is 0 Å². The van der Waals surface area contributed by atoms with Crippen LogP contribution in [0.15, 0.2) is 0 Å². The van der Waals surface area contributed by atoms with Crippen molar-refractivity contribution in [3.63, 3.8) is 0 Å². The van der Waals surface area contributed by atoms with Crippen LogP contribution in [0.3, 0.4) is 0 Å². The van der Waals surface area contributed by atoms with Gasteiger partial charge in [0.1, 0.15) is 0 Å². The van der Waals surface area contributed by atoms with Gasteiger partial charge in [-0.25, -0.2) is 0 Å². The zero-order valence-corrected chi connectivity index (χ0v) is 11.3. The van der Waals surface area contributed by atoms with E-state index in [1.807, 2.05) is 0 Å². The van der Waals surface area contributed by atoms with E-state index in [0.29, 0.717) is 0 Å². The van der Waals surface area contributed by atoms with Gasteiger partial charge in [-0.1, -0.05) is 13.8 Å². The summed E-state index contributed by atoms with van der Waals surface area (Å²) >= 11 is 0. The summed E-state index contributed by atoms with van der Waals surface area (Å²) in [5.74, 6) is 1.05. The number of nitrogens with one attached hydrogen (secondary N) is 1. The molecule has 1 aliphatic carbocycles. The van der Waals surface area contributed by atoms with Crippen LogP contribution in [-0.2, 0) is 0 Å². The Balaban J connectivity index is 1.93. The highest BCUT2D eigenvalue weighted by atomic mass is 15.1. The summed E-state index contributed by atoms with van der Waals surface area (Å²) in [5.41, 5.74) is 0. The lowest BCUT2D eigenvalue weighted by Crippen LogP contribution is -2.28. The van der Waals surface area contributed by atoms with E-state index in [0.717, 1.165) is 5.92 Å². The molecular formula is C14H30N2. The summed E-state index contributed by atoms with van der Waals surface area (Å²) in [5, 5.41) is 3.48. The van der Waals surface area contributed by atoms with Gasteiger partial charge in [-0.05, 0) is 70.6 Å². The number of hydrogen-bond donors (Lipinski definition) is 1. The summed E-state index contributed by atoms with van der Waals surface area (Å²) in [4.78, 5) is 2.68. The van der Waals surface area contributed by atoms with E-state index < -0.39 is 0 Å². The normalized spacial score (nSPS) is 15.9. The lowest BCUT2D eigenvalue weighted by molar-refractivity contribution is 0.257. The zero-order chi connectivity index (χ0) is 11.6. The SMILES string of the molecule is CCCNCCCCN(CCC)CC1CC1. The number of nitrogens with zero attached hydrogens (tertiary/aromatic N) is 1. The van der Waals surface area contributed by atoms with Gasteiger partial charge in [-0.2, -0.15) is 0 Å². The summed E-state index contributed by atoms with van der Waals surface area (Å²) in [6.07, 6.45) is 8.23. The van der Waals surface area contributed by atoms with Crippen molar-refractivity contribution in [2.24, 2.45) is 5.92 Å². The van der Waals surface area contributed by atoms with Gasteiger partial charge in [0.2, 0.25) is 0 Å². The molecule has 0 aromatic heterocycles. The Morgan fingerprint density at radius 2 is 1.81 bits per heavy atom. The van der Waals surface area contributed by atoms with Crippen molar-refractivity contribution in [2.75, 3.05) is 32.7 Å². The number of unbranched alkanes of at least 4 members (excludes halogenated alkanes) is 1. The van der Waals surface area contributed by atoms with Crippen molar-refractivity contribution in [1.82, 2.24) is 10.2 Å². The largest absolute Gasteiger partial charge is 0.317 e. The second-order valence-electron chi connectivity index (χ2n) is 5.20. The smallest absolute Gasteiger partial charge is 0.000966 e. The fraction of sp³-hybridized carbons (Fsp3) is 1.00. The molecule has 0 aromatic rings. The molecule has 0 heterocycles. The third-order valence-electron chi connectivity index (χ3n) is 3.26. The van der Waals surface area contributed by atoms with Gasteiger partial charge >= 0.3 is 0 Å². The highest BCUT2D eigenvalue weighted by Gasteiger charge is 2.23. The molecule has 0 unspecified atom stereocenters. The average Bonchev–Trinajstić information content (AvgIpc) is 3.07. The van der Waals surface area contributed by atoms with Gasteiger partial charge in [0.15, 0.2) is 0 Å². The first-order valence-electron chi connectivity index (χ1n) is 7.29. The molecule has 0 radical (unpaired) electrons. The number of hydrogen-bond acceptors (Lipinski definition) is 2. The van der Waals surface area contributed by atoms with E-state index in [-0.39, 0.29) is 0 Å². The summed E-state index contributed by atoms with van der Waals surface area (Å²) in [7, 11) is 0. The highest BCUT2D eigenvalue weighted by Crippen LogP contribution is 2.29. The van der Waals surface area contributed by atoms with Gasteiger partial charge in [0.05, 0.1) is 0 Å². The van der Waals surface area contributed by atoms with Crippen LogP contribution in [0.2, 0.25) is 0 Å². The quantitative estimate of drug-likeness (QED) is 0.545. The summed E-state index contributed by atoms with van der Waals surface area (Å²) < 4.78 is 0. The summed E-state index contributed by atoms with van der Waals surface area (Å²) in [6.45, 7) is 10.9. The van der Waals surface area contributed by atoms with E-state index >= 15 is 0 Å². The van der Waals surface area contributed by atoms with Gasteiger partial charge < -0.3 is 10.2 Å². The minimum atomic E-state index is 1.05. The maximum absolute atomic E-state index is 3.48. The third-order valence-corrected chi connectivity index (χ3v) is 3.26. The van der Waals surface area contributed by atoms with Gasteiger partial charge in [-0.3, -0.25) is 0 Å². The Morgan fingerprint density at radius 1 is 1.00 bits per heavy atom. The molecule has 0 aromatic carbocycles. The molecule has 0 bridgehead atoms. The van der Waals surface area contributed by atoms with Crippen LogP contribution in [0.4, 0.5) is 0 Å². The standard InChI is InChI=1S/C14H30N2/c1-3-9-15-10-5-6-12-16(11-4-2)13-14-7-8-14/h14-15H,3-13H2,1-2H3. The monoisotopic (exact) mass is 226 g/mol. The Bertz CT molecular complexity index is 155. The van der Waals surface area contributed by atoms with Crippen LogP contribution in [0.25, 0.3) is 0 Å². The maximum atomic E-state index is 3.48. The Kier molecular flexibility index (Phi) is 7.87. The van der Waals surface area contributed by atoms with Crippen LogP contribution in [0.1, 0.15) is 52.4 Å². The second kappa shape index (κ2) is 9.00. The zero-order valence-electron chi connectivity index (χ0n) is 11.3. The van der Waals surface area contributed by atoms with Crippen LogP contribution < -0.4 is 5.32 Å². The molecule has 0 atom stereocenters. The molecule has 1 fully saturated rings. The van der Waals surface area contributed by atoms with Crippen molar-refractivity contribution in [2.45, 2.75) is 52.4 Å². The first kappa shape index (κ1) is 14.0. The second-order valence-corrected chi connectivity index (χ2v) is 5.20. The molecule has 0 aliphatic heterocycles. The third kappa shape index (κ3) is 7.24. The fourth-order valence-corrected chi connectivity index (χ4v) is 2.16. The number of rotatable bonds is 11. The fourth-order valence-electron chi connectivity index (χ4n) is 2.16. The van der Waals surface area contributed by atoms with E-state index in [2.05, 4.69) is 24.1 Å². The molecule has 96 valence electrons. The molecule has 0 spiro atoms. The first-order chi connectivity index (χ1) is 7.86. The molecule has 1 rings (SSSR count). The van der Waals surface area contributed by atoms with Crippen LogP contribution >= 0.6 is 0 Å². The van der Waals surface area contributed by atoms with Crippen LogP contribution in [-0.4, -0.2) is 37.6 Å². The molecule has 0 amide bonds. The predicted molar refractivity (Wildman–Crippen MR) is 71.8 cm³/mol. The maximum Gasteiger partial charge on any atom is 0.000966 e. The van der Waals surface area contributed by atoms with E-state index in [1.165, 1.54) is 71.2 Å². The molecule has 1 aliphatic rings. The molecule has 1 saturated carbocycles. The lowest BCUT2D eigenvalue weighted by atomic mass is 10.2. The van der Waals surface area contributed by atoms with Crippen molar-refractivity contribution in [3.05, 3.63) is 0 Å². The topological polar surface area (TPSA) is 15.3 Å². The van der Waals surface area contributed by atoms with E-state index in [4.69, 9.17) is 0 Å². The lowest BCUT2D eigenvalue weighted by Gasteiger charge is -2.21. The molecular weight excluding hydrogens is 196 g/mol. The molecule has 1 N–H and O–H groups in total. The van der Waals surface area contributed by atoms with Crippen molar-refractivity contribution >= 4 is 0 Å². The van der Waals surface area contributed by atoms with Crippen LogP contribution in [0, 0.1) is 5.92 Å². The first-order valence-corrected chi connectivity index (χ1v) is 7.29. The molecule has 0 saturated heterocycles. The van der Waals surface area contributed by atoms with E-state index in [1.54, 1.807) is 0 Å². The average molecular weight is 226 g/mol. The van der Waals surface area contributed by atoms with Gasteiger partial charge in [0, 0.05) is 6.54 Å². The Labute approximate surface area is 102 Å². The molecule has 2 heteroatoms. The predicted octanol–water partition coefficient (Wildman–Crippen LogP) is 2.89. The minimum absolute atomic E-state index is 1.05. The summed E-state index contributed by atoms with van der Waals surface area (Å²) in [6, 6.07) is 0. The van der Waals surface area contributed by atoms with Crippen molar-refractivity contribution in [1.29, 1.82) is 0 Å². The highest BCUT2D eigenvalue weighted by molar-refractivity contribution is 4.77. The van der Waals surface area contributed by atoms with Crippen molar-refractivity contribution in [3.8, 4) is 0 Å². The molecule has 16 heavy (non-hydrogen) atoms. The Hall–Kier alpha value is -0.0800. The molecule has 2 nitrogen and oxygen atoms in total. The van der Waals surface area contributed by atoms with Gasteiger partial charge in [-0.15, -0.1) is 0 Å². The Morgan fingerprint density at radius 3 is 2.44 bits per heavy atom. The minimum Gasteiger partial charge on any atom is -0.317 e. The van der Waals surface area contributed by atoms with E-state index in [9.17, 15) is 0 Å². The van der Waals surface area contributed by atoms with Gasteiger partial charge in [0.25, 0.3) is 0 Å².